The van der Waals surface area contributed by atoms with Crippen LogP contribution >= 0.6 is 0 Å². The number of nitrogens with zero attached hydrogens (tertiary/aromatic N) is 2. The van der Waals surface area contributed by atoms with E-state index in [1.807, 2.05) is 0 Å². The van der Waals surface area contributed by atoms with E-state index in [4.69, 9.17) is 0 Å². The Morgan fingerprint density at radius 2 is 1.95 bits per heavy atom. The van der Waals surface area contributed by atoms with Crippen LogP contribution in [0.25, 0.3) is 0 Å². The van der Waals surface area contributed by atoms with Gasteiger partial charge in [0.1, 0.15) is 17.3 Å². The third-order valence-electron chi connectivity index (χ3n) is 3.23. The first-order chi connectivity index (χ1) is 10.6. The van der Waals surface area contributed by atoms with Gasteiger partial charge in [-0.25, -0.2) is 18.2 Å². The molecule has 1 aliphatic rings. The monoisotopic (exact) mass is 305 g/mol. The summed E-state index contributed by atoms with van der Waals surface area (Å²) in [5, 5.41) is 2.47. The van der Waals surface area contributed by atoms with Crippen molar-refractivity contribution in [3.8, 4) is 0 Å². The Bertz CT molecular complexity index is 753. The molecule has 1 amide bonds. The van der Waals surface area contributed by atoms with Crippen molar-refractivity contribution >= 4 is 17.9 Å². The van der Waals surface area contributed by atoms with Crippen LogP contribution in [0.3, 0.4) is 0 Å². The van der Waals surface area contributed by atoms with Gasteiger partial charge < -0.3 is 5.32 Å². The summed E-state index contributed by atoms with van der Waals surface area (Å²) in [5.74, 6) is -2.80. The smallest absolute Gasteiger partial charge is 0.211 e. The number of benzene rings is 1. The van der Waals surface area contributed by atoms with E-state index < -0.39 is 23.1 Å². The fraction of sp³-hybridized carbons (Fsp3) is 0.0667. The lowest BCUT2D eigenvalue weighted by molar-refractivity contribution is -0.108. The molecular formula is C15H10F3N3O. The van der Waals surface area contributed by atoms with Crippen molar-refractivity contribution in [1.29, 1.82) is 0 Å². The first kappa shape index (κ1) is 14.1. The maximum atomic E-state index is 14.0. The number of hydrogen-bond donors (Lipinski definition) is 1. The number of halogens is 3. The van der Waals surface area contributed by atoms with Crippen LogP contribution in [0.15, 0.2) is 42.4 Å². The number of anilines is 2. The van der Waals surface area contributed by atoms with Crippen LogP contribution < -0.4 is 10.2 Å². The minimum atomic E-state index is -1.06. The topological polar surface area (TPSA) is 45.2 Å². The zero-order valence-corrected chi connectivity index (χ0v) is 11.2. The van der Waals surface area contributed by atoms with Crippen molar-refractivity contribution in [2.45, 2.75) is 6.42 Å². The predicted octanol–water partition coefficient (Wildman–Crippen LogP) is 2.78. The van der Waals surface area contributed by atoms with Gasteiger partial charge in [0.05, 0.1) is 0 Å². The van der Waals surface area contributed by atoms with Crippen LogP contribution in [0.2, 0.25) is 0 Å². The lowest BCUT2D eigenvalue weighted by atomic mass is 10.1. The second kappa shape index (κ2) is 5.51. The van der Waals surface area contributed by atoms with Crippen LogP contribution in [0.4, 0.5) is 24.7 Å². The van der Waals surface area contributed by atoms with Gasteiger partial charge in [-0.3, -0.25) is 9.69 Å². The van der Waals surface area contributed by atoms with Crippen LogP contribution in [0.5, 0.6) is 0 Å². The number of carbonyl (C=O) groups is 1. The van der Waals surface area contributed by atoms with E-state index in [1.54, 1.807) is 12.1 Å². The highest BCUT2D eigenvalue weighted by atomic mass is 19.1. The number of carbonyl (C=O) groups excluding carboxylic acids is 1. The Hall–Kier alpha value is -2.83. The molecular weight excluding hydrogens is 295 g/mol. The van der Waals surface area contributed by atoms with Crippen molar-refractivity contribution in [1.82, 2.24) is 10.3 Å². The van der Waals surface area contributed by atoms with Crippen LogP contribution in [-0.2, 0) is 11.2 Å². The lowest BCUT2D eigenvalue weighted by Gasteiger charge is -2.28. The van der Waals surface area contributed by atoms with Gasteiger partial charge in [-0.1, -0.05) is 6.07 Å². The third-order valence-corrected chi connectivity index (χ3v) is 3.23. The first-order valence-electron chi connectivity index (χ1n) is 6.38. The maximum absolute atomic E-state index is 14.0. The van der Waals surface area contributed by atoms with Gasteiger partial charge >= 0.3 is 0 Å². The molecule has 1 aliphatic heterocycles. The van der Waals surface area contributed by atoms with Gasteiger partial charge in [0, 0.05) is 42.2 Å². The second-order valence-corrected chi connectivity index (χ2v) is 4.67. The summed E-state index contributed by atoms with van der Waals surface area (Å²) in [6, 6.07) is 4.60. The highest BCUT2D eigenvalue weighted by molar-refractivity contribution is 5.70. The summed E-state index contributed by atoms with van der Waals surface area (Å²) in [4.78, 5) is 15.9. The molecule has 0 fully saturated rings. The standard InChI is InChI=1S/C15H10F3N3O/c16-10-5-12(17)14(13(18)6-10)21-7-11(20-8-22)4-9-2-1-3-19-15(9)21/h1-3,5-8H,4H2,(H,20,22). The van der Waals surface area contributed by atoms with Gasteiger partial charge in [0.15, 0.2) is 11.6 Å². The van der Waals surface area contributed by atoms with E-state index in [-0.39, 0.29) is 0 Å². The molecule has 2 heterocycles. The summed E-state index contributed by atoms with van der Waals surface area (Å²) in [6.07, 6.45) is 3.69. The molecule has 1 aromatic carbocycles. The van der Waals surface area contributed by atoms with E-state index in [0.29, 0.717) is 42.0 Å². The van der Waals surface area contributed by atoms with Crippen LogP contribution in [-0.4, -0.2) is 11.4 Å². The fourth-order valence-electron chi connectivity index (χ4n) is 2.35. The van der Waals surface area contributed by atoms with Crippen molar-refractivity contribution in [2.24, 2.45) is 0 Å². The molecule has 22 heavy (non-hydrogen) atoms. The first-order valence-corrected chi connectivity index (χ1v) is 6.38. The molecule has 2 aromatic rings. The Morgan fingerprint density at radius 1 is 1.23 bits per heavy atom. The molecule has 0 spiro atoms. The molecule has 4 nitrogen and oxygen atoms in total. The number of nitrogens with one attached hydrogen (secondary N) is 1. The van der Waals surface area contributed by atoms with Gasteiger partial charge in [-0.15, -0.1) is 0 Å². The number of pyridine rings is 1. The van der Waals surface area contributed by atoms with Crippen LogP contribution in [0.1, 0.15) is 5.56 Å². The van der Waals surface area contributed by atoms with Gasteiger partial charge in [-0.05, 0) is 6.07 Å². The van der Waals surface area contributed by atoms with E-state index in [2.05, 4.69) is 10.3 Å². The molecule has 1 aromatic heterocycles. The van der Waals surface area contributed by atoms with E-state index >= 15 is 0 Å². The average Bonchev–Trinajstić information content (AvgIpc) is 2.46. The van der Waals surface area contributed by atoms with Crippen molar-refractivity contribution < 1.29 is 18.0 Å². The normalized spacial score (nSPS) is 13.4. The van der Waals surface area contributed by atoms with Crippen LogP contribution in [0, 0.1) is 17.5 Å². The molecule has 3 rings (SSSR count). The Labute approximate surface area is 123 Å². The third kappa shape index (κ3) is 2.41. The number of rotatable bonds is 3. The maximum Gasteiger partial charge on any atom is 0.211 e. The molecule has 1 N–H and O–H groups in total. The quantitative estimate of drug-likeness (QED) is 0.887. The number of fused-ring (bicyclic) bond motifs is 1. The fourth-order valence-corrected chi connectivity index (χ4v) is 2.35. The summed E-state index contributed by atoms with van der Waals surface area (Å²) in [7, 11) is 0. The SMILES string of the molecule is O=CNC1=CN(c2c(F)cc(F)cc2F)c2ncccc2C1. The molecule has 0 saturated heterocycles. The van der Waals surface area contributed by atoms with Gasteiger partial charge in [-0.2, -0.15) is 0 Å². The second-order valence-electron chi connectivity index (χ2n) is 4.67. The van der Waals surface area contributed by atoms with Crippen molar-refractivity contribution in [2.75, 3.05) is 4.90 Å². The summed E-state index contributed by atoms with van der Waals surface area (Å²) in [5.41, 5.74) is 0.669. The minimum Gasteiger partial charge on any atom is -0.331 e. The van der Waals surface area contributed by atoms with E-state index in [0.717, 1.165) is 4.90 Å². The zero-order chi connectivity index (χ0) is 15.7. The minimum absolute atomic E-state index is 0.323. The Balaban J connectivity index is 2.18. The molecule has 0 aliphatic carbocycles. The Kier molecular flexibility index (Phi) is 3.54. The predicted molar refractivity (Wildman–Crippen MR) is 73.7 cm³/mol. The van der Waals surface area contributed by atoms with E-state index in [1.165, 1.54) is 12.4 Å². The van der Waals surface area contributed by atoms with Gasteiger partial charge in [0.2, 0.25) is 6.41 Å². The highest BCUT2D eigenvalue weighted by Crippen LogP contribution is 2.35. The summed E-state index contributed by atoms with van der Waals surface area (Å²) in [6.45, 7) is 0. The average molecular weight is 305 g/mol. The summed E-state index contributed by atoms with van der Waals surface area (Å²) >= 11 is 0. The number of hydrogen-bond acceptors (Lipinski definition) is 3. The summed E-state index contributed by atoms with van der Waals surface area (Å²) < 4.78 is 41.1. The van der Waals surface area contributed by atoms with Gasteiger partial charge in [0.25, 0.3) is 0 Å². The molecule has 0 unspecified atom stereocenters. The number of allylic oxidation sites excluding steroid dienone is 1. The van der Waals surface area contributed by atoms with E-state index in [9.17, 15) is 18.0 Å². The van der Waals surface area contributed by atoms with Crippen molar-refractivity contribution in [3.05, 3.63) is 65.4 Å². The van der Waals surface area contributed by atoms with Crippen molar-refractivity contribution in [3.63, 3.8) is 0 Å². The molecule has 112 valence electrons. The zero-order valence-electron chi connectivity index (χ0n) is 11.2. The lowest BCUT2D eigenvalue weighted by Crippen LogP contribution is -2.25. The largest absolute Gasteiger partial charge is 0.331 e. The number of amides is 1. The molecule has 0 radical (unpaired) electrons. The molecule has 0 saturated carbocycles. The molecule has 0 atom stereocenters. The molecule has 7 heteroatoms. The highest BCUT2D eigenvalue weighted by Gasteiger charge is 2.25. The Morgan fingerprint density at radius 3 is 2.64 bits per heavy atom. The molecule has 0 bridgehead atoms. The number of aromatic nitrogens is 1.